The number of nitrogens with zero attached hydrogens (tertiary/aromatic N) is 2. The summed E-state index contributed by atoms with van der Waals surface area (Å²) in [4.78, 5) is 11.6. The minimum Gasteiger partial charge on any atom is -0.383 e. The molecular formula is C12H20BrN3O2. The van der Waals surface area contributed by atoms with Gasteiger partial charge < -0.3 is 10.1 Å². The molecule has 1 aromatic rings. The average Bonchev–Trinajstić information content (AvgIpc) is 2.33. The Balaban J connectivity index is 2.32. The first kappa shape index (κ1) is 15.2. The zero-order chi connectivity index (χ0) is 13.5. The normalized spacial score (nSPS) is 10.9. The summed E-state index contributed by atoms with van der Waals surface area (Å²) in [6.07, 6.45) is 3.93. The van der Waals surface area contributed by atoms with Gasteiger partial charge in [0.25, 0.3) is 5.56 Å². The largest absolute Gasteiger partial charge is 0.383 e. The van der Waals surface area contributed by atoms with E-state index >= 15 is 0 Å². The number of hydrogen-bond donors (Lipinski definition) is 1. The lowest BCUT2D eigenvalue weighted by Gasteiger charge is -2.09. The molecule has 18 heavy (non-hydrogen) atoms. The fraction of sp³-hybridized carbons (Fsp3) is 0.667. The molecule has 0 aliphatic heterocycles. The number of unbranched alkanes of at least 4 members (excludes halogenated alkanes) is 1. The lowest BCUT2D eigenvalue weighted by atomic mass is 10.3. The van der Waals surface area contributed by atoms with Gasteiger partial charge in [0.05, 0.1) is 18.0 Å². The molecule has 1 rings (SSSR count). The van der Waals surface area contributed by atoms with E-state index in [0.717, 1.165) is 31.7 Å². The molecule has 6 heteroatoms. The lowest BCUT2D eigenvalue weighted by Crippen LogP contribution is -2.21. The van der Waals surface area contributed by atoms with Crippen LogP contribution < -0.4 is 10.9 Å². The number of hydrogen-bond acceptors (Lipinski definition) is 4. The van der Waals surface area contributed by atoms with Gasteiger partial charge in [-0.25, -0.2) is 4.68 Å². The van der Waals surface area contributed by atoms with Crippen molar-refractivity contribution < 1.29 is 4.74 Å². The van der Waals surface area contributed by atoms with Crippen LogP contribution in [0.2, 0.25) is 0 Å². The monoisotopic (exact) mass is 317 g/mol. The molecule has 0 aliphatic rings. The van der Waals surface area contributed by atoms with Gasteiger partial charge in [-0.2, -0.15) is 5.10 Å². The zero-order valence-electron chi connectivity index (χ0n) is 11.1. The van der Waals surface area contributed by atoms with E-state index in [1.54, 1.807) is 13.2 Å². The first-order valence-corrected chi connectivity index (χ1v) is 6.89. The smallest absolute Gasteiger partial charge is 0.282 e. The standard InChI is InChI=1S/C12H20BrN3O2/c1-9(2)18-7-5-4-6-14-10-8-15-16(3)12(17)11(10)13/h8-9,14H,4-7H2,1-3H3. The van der Waals surface area contributed by atoms with Crippen molar-refractivity contribution in [3.63, 3.8) is 0 Å². The predicted molar refractivity (Wildman–Crippen MR) is 76.0 cm³/mol. The fourth-order valence-electron chi connectivity index (χ4n) is 1.40. The lowest BCUT2D eigenvalue weighted by molar-refractivity contribution is 0.0765. The van der Waals surface area contributed by atoms with E-state index in [-0.39, 0.29) is 11.7 Å². The van der Waals surface area contributed by atoms with Crippen molar-refractivity contribution >= 4 is 21.6 Å². The molecule has 102 valence electrons. The number of aromatic nitrogens is 2. The molecule has 0 aromatic carbocycles. The summed E-state index contributed by atoms with van der Waals surface area (Å²) in [6, 6.07) is 0. The van der Waals surface area contributed by atoms with Crippen LogP contribution in [0.4, 0.5) is 5.69 Å². The van der Waals surface area contributed by atoms with Crippen LogP contribution in [0.3, 0.4) is 0 Å². The second-order valence-corrected chi connectivity index (χ2v) is 5.15. The number of nitrogens with one attached hydrogen (secondary N) is 1. The second-order valence-electron chi connectivity index (χ2n) is 4.35. The Hall–Kier alpha value is -0.880. The average molecular weight is 318 g/mol. The van der Waals surface area contributed by atoms with Gasteiger partial charge in [0.2, 0.25) is 0 Å². The van der Waals surface area contributed by atoms with E-state index in [1.165, 1.54) is 4.68 Å². The molecule has 0 bridgehead atoms. The highest BCUT2D eigenvalue weighted by molar-refractivity contribution is 9.10. The summed E-state index contributed by atoms with van der Waals surface area (Å²) >= 11 is 3.27. The third kappa shape index (κ3) is 4.78. The Morgan fingerprint density at radius 3 is 2.89 bits per heavy atom. The SMILES string of the molecule is CC(C)OCCCCNc1cnn(C)c(=O)c1Br. The topological polar surface area (TPSA) is 56.1 Å². The molecule has 1 aromatic heterocycles. The first-order valence-electron chi connectivity index (χ1n) is 6.09. The maximum atomic E-state index is 11.6. The molecule has 0 aliphatic carbocycles. The van der Waals surface area contributed by atoms with Gasteiger partial charge in [0.15, 0.2) is 0 Å². The summed E-state index contributed by atoms with van der Waals surface area (Å²) in [6.45, 7) is 5.63. The Kier molecular flexibility index (Phi) is 6.35. The second kappa shape index (κ2) is 7.53. The van der Waals surface area contributed by atoms with Crippen molar-refractivity contribution in [1.29, 1.82) is 0 Å². The van der Waals surface area contributed by atoms with Crippen LogP contribution >= 0.6 is 15.9 Å². The number of ether oxygens (including phenoxy) is 1. The van der Waals surface area contributed by atoms with Crippen LogP contribution in [-0.2, 0) is 11.8 Å². The van der Waals surface area contributed by atoms with Crippen LogP contribution in [0.25, 0.3) is 0 Å². The zero-order valence-corrected chi connectivity index (χ0v) is 12.7. The van der Waals surface area contributed by atoms with Crippen molar-refractivity contribution in [2.24, 2.45) is 7.05 Å². The Bertz CT molecular complexity index is 432. The third-order valence-corrected chi connectivity index (χ3v) is 3.18. The minimum atomic E-state index is -0.136. The number of rotatable bonds is 7. The van der Waals surface area contributed by atoms with Crippen molar-refractivity contribution in [2.45, 2.75) is 32.8 Å². The number of anilines is 1. The summed E-state index contributed by atoms with van der Waals surface area (Å²) in [5.74, 6) is 0. The molecule has 0 fully saturated rings. The van der Waals surface area contributed by atoms with Gasteiger partial charge in [-0.3, -0.25) is 4.79 Å². The minimum absolute atomic E-state index is 0.136. The first-order chi connectivity index (χ1) is 8.52. The summed E-state index contributed by atoms with van der Waals surface area (Å²) in [7, 11) is 1.63. The van der Waals surface area contributed by atoms with Gasteiger partial charge in [0.1, 0.15) is 4.47 Å². The molecule has 1 heterocycles. The molecule has 0 atom stereocenters. The van der Waals surface area contributed by atoms with Crippen molar-refractivity contribution in [1.82, 2.24) is 9.78 Å². The maximum absolute atomic E-state index is 11.6. The number of aryl methyl sites for hydroxylation is 1. The van der Waals surface area contributed by atoms with Crippen LogP contribution in [0.1, 0.15) is 26.7 Å². The van der Waals surface area contributed by atoms with E-state index in [4.69, 9.17) is 4.74 Å². The highest BCUT2D eigenvalue weighted by Crippen LogP contribution is 2.15. The Morgan fingerprint density at radius 2 is 2.22 bits per heavy atom. The van der Waals surface area contributed by atoms with E-state index < -0.39 is 0 Å². The molecule has 1 N–H and O–H groups in total. The van der Waals surface area contributed by atoms with Gasteiger partial charge in [-0.1, -0.05) is 0 Å². The van der Waals surface area contributed by atoms with Gasteiger partial charge in [0, 0.05) is 20.2 Å². The molecule has 0 saturated carbocycles. The molecule has 0 spiro atoms. The quantitative estimate of drug-likeness (QED) is 0.783. The molecule has 5 nitrogen and oxygen atoms in total. The highest BCUT2D eigenvalue weighted by Gasteiger charge is 2.05. The summed E-state index contributed by atoms with van der Waals surface area (Å²) in [5.41, 5.74) is 0.603. The Labute approximate surface area is 116 Å². The molecule has 0 amide bonds. The van der Waals surface area contributed by atoms with E-state index in [0.29, 0.717) is 4.47 Å². The third-order valence-electron chi connectivity index (χ3n) is 2.42. The number of halogens is 1. The Morgan fingerprint density at radius 1 is 1.50 bits per heavy atom. The molecule has 0 saturated heterocycles. The van der Waals surface area contributed by atoms with Crippen LogP contribution in [0.15, 0.2) is 15.5 Å². The molecule has 0 radical (unpaired) electrons. The van der Waals surface area contributed by atoms with Crippen molar-refractivity contribution in [2.75, 3.05) is 18.5 Å². The van der Waals surface area contributed by atoms with Crippen LogP contribution in [0, 0.1) is 0 Å². The van der Waals surface area contributed by atoms with Gasteiger partial charge in [-0.15, -0.1) is 0 Å². The van der Waals surface area contributed by atoms with Gasteiger partial charge >= 0.3 is 0 Å². The molecule has 0 unspecified atom stereocenters. The van der Waals surface area contributed by atoms with E-state index in [1.807, 2.05) is 13.8 Å². The highest BCUT2D eigenvalue weighted by atomic mass is 79.9. The fourth-order valence-corrected chi connectivity index (χ4v) is 1.90. The van der Waals surface area contributed by atoms with E-state index in [2.05, 4.69) is 26.3 Å². The molecular weight excluding hydrogens is 298 g/mol. The van der Waals surface area contributed by atoms with Gasteiger partial charge in [-0.05, 0) is 42.6 Å². The summed E-state index contributed by atoms with van der Waals surface area (Å²) in [5, 5.41) is 7.16. The van der Waals surface area contributed by atoms with Crippen molar-refractivity contribution in [3.8, 4) is 0 Å². The van der Waals surface area contributed by atoms with Crippen LogP contribution in [0.5, 0.6) is 0 Å². The predicted octanol–water partition coefficient (Wildman–Crippen LogP) is 2.16. The van der Waals surface area contributed by atoms with Crippen molar-refractivity contribution in [3.05, 3.63) is 21.0 Å². The van der Waals surface area contributed by atoms with E-state index in [9.17, 15) is 4.79 Å². The maximum Gasteiger partial charge on any atom is 0.282 e. The summed E-state index contributed by atoms with van der Waals surface area (Å²) < 4.78 is 7.27. The van der Waals surface area contributed by atoms with Crippen LogP contribution in [-0.4, -0.2) is 29.0 Å².